The predicted octanol–water partition coefficient (Wildman–Crippen LogP) is 4.76. The van der Waals surface area contributed by atoms with Gasteiger partial charge in [0.25, 0.3) is 11.8 Å². The van der Waals surface area contributed by atoms with Gasteiger partial charge in [0, 0.05) is 28.0 Å². The lowest BCUT2D eigenvalue weighted by atomic mass is 10.1. The van der Waals surface area contributed by atoms with E-state index in [1.54, 1.807) is 48.5 Å². The van der Waals surface area contributed by atoms with Gasteiger partial charge < -0.3 is 21.3 Å². The van der Waals surface area contributed by atoms with Crippen molar-refractivity contribution in [2.45, 2.75) is 39.3 Å². The predicted molar refractivity (Wildman–Crippen MR) is 140 cm³/mol. The van der Waals surface area contributed by atoms with Crippen LogP contribution >= 0.6 is 0 Å². The van der Waals surface area contributed by atoms with E-state index in [9.17, 15) is 14.4 Å². The number of anilines is 2. The summed E-state index contributed by atoms with van der Waals surface area (Å²) in [4.78, 5) is 37.5. The average molecular weight is 473 g/mol. The highest BCUT2D eigenvalue weighted by molar-refractivity contribution is 5.98. The van der Waals surface area contributed by atoms with Crippen LogP contribution in [0.4, 0.5) is 11.4 Å². The number of amides is 3. The molecule has 3 aromatic rings. The second-order valence-electron chi connectivity index (χ2n) is 9.37. The van der Waals surface area contributed by atoms with Crippen LogP contribution in [0.15, 0.2) is 78.9 Å². The van der Waals surface area contributed by atoms with Gasteiger partial charge in [0.1, 0.15) is 0 Å². The Balaban J connectivity index is 1.55. The summed E-state index contributed by atoms with van der Waals surface area (Å²) in [7, 11) is 0. The summed E-state index contributed by atoms with van der Waals surface area (Å²) in [6.07, 6.45) is 0. The fourth-order valence-corrected chi connectivity index (χ4v) is 3.41. The number of hydrogen-bond donors (Lipinski definition) is 4. The molecule has 7 nitrogen and oxygen atoms in total. The van der Waals surface area contributed by atoms with Crippen LogP contribution in [-0.4, -0.2) is 29.8 Å². The zero-order valence-corrected chi connectivity index (χ0v) is 20.5. The van der Waals surface area contributed by atoms with Gasteiger partial charge in [0.05, 0.1) is 12.6 Å². The fraction of sp³-hybridized carbons (Fsp3) is 0.250. The molecule has 0 fully saturated rings. The number of rotatable bonds is 8. The lowest BCUT2D eigenvalue weighted by Crippen LogP contribution is -2.40. The summed E-state index contributed by atoms with van der Waals surface area (Å²) in [6.45, 7) is 7.66. The Morgan fingerprint density at radius 2 is 1.37 bits per heavy atom. The fourth-order valence-electron chi connectivity index (χ4n) is 3.41. The Labute approximate surface area is 206 Å². The molecule has 0 spiro atoms. The van der Waals surface area contributed by atoms with Crippen molar-refractivity contribution in [2.75, 3.05) is 17.2 Å². The Bertz CT molecular complexity index is 1190. The zero-order valence-electron chi connectivity index (χ0n) is 20.5. The molecular weight excluding hydrogens is 440 g/mol. The molecule has 1 unspecified atom stereocenters. The molecule has 1 atom stereocenters. The summed E-state index contributed by atoms with van der Waals surface area (Å²) in [5.41, 5.74) is 2.81. The Hall–Kier alpha value is -4.13. The highest BCUT2D eigenvalue weighted by Gasteiger charge is 2.16. The third-order valence-electron chi connectivity index (χ3n) is 5.12. The highest BCUT2D eigenvalue weighted by Crippen LogP contribution is 2.16. The second kappa shape index (κ2) is 11.3. The van der Waals surface area contributed by atoms with Crippen LogP contribution in [0.5, 0.6) is 0 Å². The largest absolute Gasteiger partial charge is 0.376 e. The molecule has 7 heteroatoms. The zero-order chi connectivity index (χ0) is 25.4. The minimum Gasteiger partial charge on any atom is -0.376 e. The van der Waals surface area contributed by atoms with Crippen molar-refractivity contribution in [1.29, 1.82) is 0 Å². The van der Waals surface area contributed by atoms with E-state index >= 15 is 0 Å². The molecule has 0 saturated carbocycles. The third-order valence-corrected chi connectivity index (χ3v) is 5.12. The molecule has 0 saturated heterocycles. The quantitative estimate of drug-likeness (QED) is 0.380. The van der Waals surface area contributed by atoms with E-state index in [1.807, 2.05) is 58.0 Å². The first-order chi connectivity index (χ1) is 16.6. The molecule has 0 radical (unpaired) electrons. The summed E-state index contributed by atoms with van der Waals surface area (Å²) >= 11 is 0. The third kappa shape index (κ3) is 7.99. The number of nitrogens with one attached hydrogen (secondary N) is 4. The average Bonchev–Trinajstić information content (AvgIpc) is 2.82. The molecule has 182 valence electrons. The van der Waals surface area contributed by atoms with E-state index in [-0.39, 0.29) is 35.8 Å². The van der Waals surface area contributed by atoms with Gasteiger partial charge in [0.2, 0.25) is 5.91 Å². The van der Waals surface area contributed by atoms with Crippen molar-refractivity contribution in [3.8, 4) is 0 Å². The number of carbonyl (C=O) groups is 3. The Morgan fingerprint density at radius 1 is 0.771 bits per heavy atom. The van der Waals surface area contributed by atoms with Gasteiger partial charge in [-0.3, -0.25) is 14.4 Å². The number of carbonyl (C=O) groups excluding carboxylic acids is 3. The molecule has 35 heavy (non-hydrogen) atoms. The van der Waals surface area contributed by atoms with Gasteiger partial charge in [0.15, 0.2) is 0 Å². The lowest BCUT2D eigenvalue weighted by molar-refractivity contribution is -0.114. The van der Waals surface area contributed by atoms with Crippen molar-refractivity contribution in [1.82, 2.24) is 10.6 Å². The van der Waals surface area contributed by atoms with Crippen LogP contribution in [-0.2, 0) is 4.79 Å². The van der Waals surface area contributed by atoms with Crippen molar-refractivity contribution in [3.63, 3.8) is 0 Å². The molecule has 3 aromatic carbocycles. The van der Waals surface area contributed by atoms with E-state index in [1.165, 1.54) is 0 Å². The van der Waals surface area contributed by atoms with Crippen LogP contribution in [0.2, 0.25) is 0 Å². The minimum atomic E-state index is -0.356. The van der Waals surface area contributed by atoms with Crippen LogP contribution < -0.4 is 21.3 Å². The van der Waals surface area contributed by atoms with Gasteiger partial charge in [-0.2, -0.15) is 0 Å². The SMILES string of the molecule is CC(NC(=O)c1cccc(NCC(=O)Nc2cccc(C(=O)NC(C)(C)C)c2)c1)c1ccccc1. The second-order valence-corrected chi connectivity index (χ2v) is 9.37. The van der Waals surface area contributed by atoms with Gasteiger partial charge in [-0.1, -0.05) is 42.5 Å². The molecule has 3 rings (SSSR count). The van der Waals surface area contributed by atoms with Crippen LogP contribution in [0.3, 0.4) is 0 Å². The summed E-state index contributed by atoms with van der Waals surface area (Å²) < 4.78 is 0. The van der Waals surface area contributed by atoms with Crippen LogP contribution in [0, 0.1) is 0 Å². The molecular formula is C28H32N4O3. The van der Waals surface area contributed by atoms with Crippen LogP contribution in [0.25, 0.3) is 0 Å². The molecule has 0 bridgehead atoms. The maximum absolute atomic E-state index is 12.7. The molecule has 0 aliphatic carbocycles. The molecule has 0 heterocycles. The van der Waals surface area contributed by atoms with Crippen LogP contribution in [0.1, 0.15) is 60.0 Å². The first-order valence-electron chi connectivity index (χ1n) is 11.5. The van der Waals surface area contributed by atoms with Crippen molar-refractivity contribution in [2.24, 2.45) is 0 Å². The molecule has 0 aliphatic rings. The van der Waals surface area contributed by atoms with Gasteiger partial charge in [-0.05, 0) is 69.7 Å². The van der Waals surface area contributed by atoms with E-state index in [0.29, 0.717) is 22.5 Å². The monoisotopic (exact) mass is 472 g/mol. The normalized spacial score (nSPS) is 11.8. The van der Waals surface area contributed by atoms with Gasteiger partial charge >= 0.3 is 0 Å². The number of hydrogen-bond acceptors (Lipinski definition) is 4. The smallest absolute Gasteiger partial charge is 0.251 e. The van der Waals surface area contributed by atoms with Gasteiger partial charge in [-0.15, -0.1) is 0 Å². The van der Waals surface area contributed by atoms with Crippen molar-refractivity contribution >= 4 is 29.1 Å². The Kier molecular flexibility index (Phi) is 8.25. The number of benzene rings is 3. The molecule has 0 aromatic heterocycles. The minimum absolute atomic E-state index is 0.00387. The van der Waals surface area contributed by atoms with E-state index < -0.39 is 0 Å². The molecule has 3 amide bonds. The first-order valence-corrected chi connectivity index (χ1v) is 11.5. The highest BCUT2D eigenvalue weighted by atomic mass is 16.2. The first kappa shape index (κ1) is 25.5. The Morgan fingerprint density at radius 3 is 2.03 bits per heavy atom. The standard InChI is InChI=1S/C28H32N4O3/c1-19(20-10-6-5-7-11-20)30-26(34)21-12-8-14-23(16-21)29-18-25(33)31-24-15-9-13-22(17-24)27(35)32-28(2,3)4/h5-17,19,29H,18H2,1-4H3,(H,30,34)(H,31,33)(H,32,35). The lowest BCUT2D eigenvalue weighted by Gasteiger charge is -2.20. The van der Waals surface area contributed by atoms with E-state index in [0.717, 1.165) is 5.56 Å². The molecule has 0 aliphatic heterocycles. The van der Waals surface area contributed by atoms with Crippen molar-refractivity contribution in [3.05, 3.63) is 95.6 Å². The maximum atomic E-state index is 12.7. The summed E-state index contributed by atoms with van der Waals surface area (Å²) in [5, 5.41) is 11.7. The summed E-state index contributed by atoms with van der Waals surface area (Å²) in [5.74, 6) is -0.672. The summed E-state index contributed by atoms with van der Waals surface area (Å²) in [6, 6.07) is 23.4. The van der Waals surface area contributed by atoms with E-state index in [2.05, 4.69) is 21.3 Å². The molecule has 4 N–H and O–H groups in total. The van der Waals surface area contributed by atoms with Gasteiger partial charge in [-0.25, -0.2) is 0 Å². The van der Waals surface area contributed by atoms with Crippen molar-refractivity contribution < 1.29 is 14.4 Å². The van der Waals surface area contributed by atoms with E-state index in [4.69, 9.17) is 0 Å². The maximum Gasteiger partial charge on any atom is 0.251 e. The topological polar surface area (TPSA) is 99.3 Å².